The zero-order valence-corrected chi connectivity index (χ0v) is 29.4. The van der Waals surface area contributed by atoms with Crippen molar-refractivity contribution in [3.05, 3.63) is 46.2 Å². The molecule has 1 saturated heterocycles. The lowest BCUT2D eigenvalue weighted by Gasteiger charge is -2.41. The van der Waals surface area contributed by atoms with Crippen LogP contribution in [-0.4, -0.2) is 103 Å². The van der Waals surface area contributed by atoms with E-state index in [9.17, 15) is 38.9 Å². The van der Waals surface area contributed by atoms with Crippen LogP contribution in [0.5, 0.6) is 5.75 Å². The highest BCUT2D eigenvalue weighted by Crippen LogP contribution is 2.29. The van der Waals surface area contributed by atoms with Crippen LogP contribution < -0.4 is 20.7 Å². The third kappa shape index (κ3) is 12.3. The molecule has 21 nitrogen and oxygen atoms in total. The van der Waals surface area contributed by atoms with Crippen molar-refractivity contribution in [3.8, 4) is 5.75 Å². The highest BCUT2D eigenvalue weighted by atomic mass is 16.8. The molecule has 0 bridgehead atoms. The van der Waals surface area contributed by atoms with E-state index in [1.54, 1.807) is 41.5 Å². The van der Waals surface area contributed by atoms with Gasteiger partial charge in [0.15, 0.2) is 18.3 Å². The summed E-state index contributed by atoms with van der Waals surface area (Å²) >= 11 is 0. The molecule has 0 aromatic heterocycles. The Labute approximate surface area is 296 Å². The number of rotatable bonds is 8. The number of methoxy groups -OCH3 is 1. The van der Waals surface area contributed by atoms with Crippen molar-refractivity contribution >= 4 is 48.0 Å². The second kappa shape index (κ2) is 16.7. The van der Waals surface area contributed by atoms with E-state index in [-0.39, 0.29) is 11.4 Å². The third-order valence-corrected chi connectivity index (χ3v) is 6.39. The molecular formula is C31H39N5O16. The maximum Gasteiger partial charge on any atom is 0.514 e. The van der Waals surface area contributed by atoms with Crippen LogP contribution in [0.15, 0.2) is 41.1 Å². The van der Waals surface area contributed by atoms with Crippen molar-refractivity contribution < 1.29 is 71.6 Å². The van der Waals surface area contributed by atoms with Crippen molar-refractivity contribution in [2.45, 2.75) is 90.1 Å². The second-order valence-corrected chi connectivity index (χ2v) is 13.0. The van der Waals surface area contributed by atoms with E-state index >= 15 is 0 Å². The van der Waals surface area contributed by atoms with Crippen molar-refractivity contribution in [2.24, 2.45) is 4.99 Å². The average molecular weight is 738 g/mol. The van der Waals surface area contributed by atoms with E-state index in [0.717, 1.165) is 44.4 Å². The maximum absolute atomic E-state index is 13.1. The molecule has 284 valence electrons. The van der Waals surface area contributed by atoms with Gasteiger partial charge in [-0.2, -0.15) is 0 Å². The molecule has 3 N–H and O–H groups in total. The Bertz CT molecular complexity index is 1610. The lowest BCUT2D eigenvalue weighted by Crippen LogP contribution is -2.65. The van der Waals surface area contributed by atoms with Crippen molar-refractivity contribution in [1.29, 1.82) is 0 Å². The Morgan fingerprint density at radius 1 is 0.981 bits per heavy atom. The maximum atomic E-state index is 13.1. The summed E-state index contributed by atoms with van der Waals surface area (Å²) < 4.78 is 42.0. The summed E-state index contributed by atoms with van der Waals surface area (Å²) in [5.41, 5.74) is -2.29. The Hall–Kier alpha value is -6.15. The normalized spacial score (nSPS) is 20.7. The molecule has 1 aromatic carbocycles. The van der Waals surface area contributed by atoms with Gasteiger partial charge < -0.3 is 48.5 Å². The van der Waals surface area contributed by atoms with Gasteiger partial charge in [0.05, 0.1) is 24.1 Å². The van der Waals surface area contributed by atoms with E-state index in [0.29, 0.717) is 0 Å². The number of aliphatic imine (C=N–C) groups is 1. The Morgan fingerprint density at radius 3 is 2.13 bits per heavy atom. The summed E-state index contributed by atoms with van der Waals surface area (Å²) in [4.78, 5) is 90.2. The molecule has 3 rings (SSSR count). The number of nitrogens with one attached hydrogen (secondary N) is 3. The predicted molar refractivity (Wildman–Crippen MR) is 173 cm³/mol. The number of hydrogen-bond acceptors (Lipinski definition) is 16. The largest absolute Gasteiger partial charge is 0.514 e. The number of carbonyl (C=O) groups is 6. The van der Waals surface area contributed by atoms with Gasteiger partial charge in [-0.1, -0.05) is 0 Å². The second-order valence-electron chi connectivity index (χ2n) is 13.0. The number of nitrogens with zero attached hydrogens (tertiary/aromatic N) is 2. The number of carbonyl (C=O) groups excluding carboxylic acids is 6. The summed E-state index contributed by atoms with van der Waals surface area (Å²) in [6.45, 7) is 10.1. The van der Waals surface area contributed by atoms with Gasteiger partial charge in [-0.25, -0.2) is 24.0 Å². The fourth-order valence-electron chi connectivity index (χ4n) is 4.51. The first-order valence-electron chi connectivity index (χ1n) is 15.4. The summed E-state index contributed by atoms with van der Waals surface area (Å²) in [5, 5.41) is 18.6. The summed E-state index contributed by atoms with van der Waals surface area (Å²) in [6, 6.07) is 1.61. The fourth-order valence-corrected chi connectivity index (χ4v) is 4.51. The van der Waals surface area contributed by atoms with E-state index in [2.05, 4.69) is 20.9 Å². The average Bonchev–Trinajstić information content (AvgIpc) is 3.44. The Balaban J connectivity index is 2.08. The third-order valence-electron chi connectivity index (χ3n) is 6.39. The smallest absolute Gasteiger partial charge is 0.477 e. The Morgan fingerprint density at radius 2 is 1.62 bits per heavy atom. The minimum absolute atomic E-state index is 0.178. The number of esters is 1. The van der Waals surface area contributed by atoms with Gasteiger partial charge in [0.1, 0.15) is 23.6 Å². The first-order valence-corrected chi connectivity index (χ1v) is 15.4. The fraction of sp³-hybridized carbons (Fsp3) is 0.516. The predicted octanol–water partition coefficient (Wildman–Crippen LogP) is 2.75. The van der Waals surface area contributed by atoms with E-state index in [1.807, 2.05) is 0 Å². The SMILES string of the molecule is COC(=O)C1=CC(N/C(=N\C(=O)OC(C)(C)C)NC(=O)OC(C)(C)C)[C@@H](NC(C)=O)[C@H]([C@H](OC(=O)Oc2ccc([N+](=O)[O-])cc2)[C@H]2COC(=O)O2)O1. The molecule has 52 heavy (non-hydrogen) atoms. The number of cyclic esters (lactones) is 2. The first-order chi connectivity index (χ1) is 24.1. The molecule has 21 heteroatoms. The number of nitro groups is 1. The molecule has 0 saturated carbocycles. The molecule has 0 aliphatic carbocycles. The highest BCUT2D eigenvalue weighted by molar-refractivity contribution is 5.99. The Kier molecular flexibility index (Phi) is 12.9. The van der Waals surface area contributed by atoms with E-state index < -0.39 is 101 Å². The topological polar surface area (TPSA) is 268 Å². The van der Waals surface area contributed by atoms with Crippen LogP contribution in [0.1, 0.15) is 48.5 Å². The molecule has 1 aromatic rings. The monoisotopic (exact) mass is 737 g/mol. The number of hydrogen-bond donors (Lipinski definition) is 3. The van der Waals surface area contributed by atoms with Crippen LogP contribution >= 0.6 is 0 Å². The molecule has 2 aliphatic heterocycles. The summed E-state index contributed by atoms with van der Waals surface area (Å²) in [5.74, 6) is -3.02. The number of amides is 3. The lowest BCUT2D eigenvalue weighted by atomic mass is 9.91. The van der Waals surface area contributed by atoms with Crippen LogP contribution in [0, 0.1) is 10.1 Å². The standard InChI is InChI=1S/C31H39N5O16/c1-15(37)32-21-18(33-25(34-26(39)51-30(2,3)4)35-27(40)52-31(5,6)7)13-19(24(38)45-8)48-23(21)22(20-14-46-28(41)49-20)50-29(42)47-17-11-9-16(10-12-17)36(43)44/h9-13,18,20-23H,14H2,1-8H3,(H,32,37)(H2,33,34,35,39,40)/t18?,20-,21-,22-,23-/m1/s1. The molecule has 2 heterocycles. The van der Waals surface area contributed by atoms with Gasteiger partial charge in [0, 0.05) is 19.1 Å². The summed E-state index contributed by atoms with van der Waals surface area (Å²) in [7, 11) is 1.03. The zero-order valence-electron chi connectivity index (χ0n) is 29.4. The quantitative estimate of drug-likeness (QED) is 0.0658. The molecule has 0 spiro atoms. The number of alkyl carbamates (subject to hydrolysis) is 1. The van der Waals surface area contributed by atoms with Crippen LogP contribution in [0.2, 0.25) is 0 Å². The van der Waals surface area contributed by atoms with Gasteiger partial charge in [-0.3, -0.25) is 20.2 Å². The van der Waals surface area contributed by atoms with Crippen LogP contribution in [0.4, 0.5) is 24.9 Å². The molecule has 1 unspecified atom stereocenters. The van der Waals surface area contributed by atoms with Crippen LogP contribution in [0.3, 0.4) is 0 Å². The molecular weight excluding hydrogens is 698 g/mol. The number of ether oxygens (including phenoxy) is 8. The van der Waals surface area contributed by atoms with Gasteiger partial charge in [-0.15, -0.1) is 4.99 Å². The zero-order chi connectivity index (χ0) is 39.0. The molecule has 5 atom stereocenters. The number of guanidine groups is 1. The minimum atomic E-state index is -1.73. The number of benzene rings is 1. The van der Waals surface area contributed by atoms with E-state index in [4.69, 9.17) is 37.9 Å². The van der Waals surface area contributed by atoms with E-state index in [1.165, 1.54) is 0 Å². The summed E-state index contributed by atoms with van der Waals surface area (Å²) in [6.07, 6.45) is -8.48. The van der Waals surface area contributed by atoms with Gasteiger partial charge in [0.25, 0.3) is 5.69 Å². The van der Waals surface area contributed by atoms with Gasteiger partial charge >= 0.3 is 30.5 Å². The number of nitro benzene ring substituents is 1. The lowest BCUT2D eigenvalue weighted by molar-refractivity contribution is -0.384. The van der Waals surface area contributed by atoms with Crippen LogP contribution in [-0.2, 0) is 42.7 Å². The molecule has 1 fully saturated rings. The van der Waals surface area contributed by atoms with Crippen molar-refractivity contribution in [1.82, 2.24) is 16.0 Å². The van der Waals surface area contributed by atoms with Crippen molar-refractivity contribution in [2.75, 3.05) is 13.7 Å². The molecule has 3 amide bonds. The van der Waals surface area contributed by atoms with Crippen molar-refractivity contribution in [3.63, 3.8) is 0 Å². The minimum Gasteiger partial charge on any atom is -0.477 e. The number of non-ortho nitro benzene ring substituents is 1. The van der Waals surface area contributed by atoms with Gasteiger partial charge in [-0.05, 0) is 59.8 Å². The molecule has 0 radical (unpaired) electrons. The van der Waals surface area contributed by atoms with Crippen LogP contribution in [0.25, 0.3) is 0 Å². The molecule has 2 aliphatic rings. The van der Waals surface area contributed by atoms with Gasteiger partial charge in [0.2, 0.25) is 17.6 Å². The first kappa shape index (κ1) is 40.3. The highest BCUT2D eigenvalue weighted by Gasteiger charge is 2.50.